The Morgan fingerprint density at radius 2 is 1.33 bits per heavy atom. The van der Waals surface area contributed by atoms with Crippen molar-refractivity contribution in [2.45, 2.75) is 50.5 Å². The fourth-order valence-corrected chi connectivity index (χ4v) is 7.25. The molecular weight excluding hydrogens is 422 g/mol. The van der Waals surface area contributed by atoms with Crippen molar-refractivity contribution < 1.29 is 19.1 Å². The molecule has 4 amide bonds. The Labute approximate surface area is 196 Å². The summed E-state index contributed by atoms with van der Waals surface area (Å²) in [6.07, 6.45) is 7.73. The molecule has 6 rings (SSSR count). The third-order valence-electron chi connectivity index (χ3n) is 8.49. The molecule has 4 saturated carbocycles. The van der Waals surface area contributed by atoms with E-state index in [4.69, 9.17) is 4.74 Å². The third kappa shape index (κ3) is 5.45. The fraction of sp³-hybridized carbons (Fsp3) is 0.875. The van der Waals surface area contributed by atoms with Crippen LogP contribution < -0.4 is 10.6 Å². The van der Waals surface area contributed by atoms with Crippen molar-refractivity contribution in [1.29, 1.82) is 0 Å². The van der Waals surface area contributed by atoms with Crippen LogP contribution in [-0.4, -0.2) is 104 Å². The number of urea groups is 1. The lowest BCUT2D eigenvalue weighted by molar-refractivity contribution is -0.140. The van der Waals surface area contributed by atoms with Crippen molar-refractivity contribution in [1.82, 2.24) is 25.3 Å². The summed E-state index contributed by atoms with van der Waals surface area (Å²) in [7, 11) is 0. The Hall–Kier alpha value is -1.87. The molecule has 0 unspecified atom stereocenters. The van der Waals surface area contributed by atoms with Crippen LogP contribution in [0.25, 0.3) is 0 Å². The van der Waals surface area contributed by atoms with E-state index in [1.54, 1.807) is 0 Å². The van der Waals surface area contributed by atoms with Crippen LogP contribution in [0.5, 0.6) is 0 Å². The Morgan fingerprint density at radius 3 is 1.91 bits per heavy atom. The van der Waals surface area contributed by atoms with Crippen LogP contribution in [-0.2, 0) is 14.3 Å². The number of morpholine rings is 1. The molecule has 33 heavy (non-hydrogen) atoms. The topological polar surface area (TPSA) is 94.2 Å². The molecule has 2 heterocycles. The van der Waals surface area contributed by atoms with Gasteiger partial charge >= 0.3 is 6.03 Å². The summed E-state index contributed by atoms with van der Waals surface area (Å²) in [6, 6.07) is -0.122. The van der Waals surface area contributed by atoms with Gasteiger partial charge in [0, 0.05) is 57.8 Å². The molecular formula is C24H39N5O4. The molecule has 4 aliphatic carbocycles. The SMILES string of the molecule is O=C(NCCC(=O)N1CCN(C(=O)CN2CCOCC2)CC1)NC12CC3CC(CC(C3)C1)C2. The van der Waals surface area contributed by atoms with Crippen LogP contribution in [0, 0.1) is 17.8 Å². The van der Waals surface area contributed by atoms with E-state index in [1.807, 2.05) is 9.80 Å². The Kier molecular flexibility index (Phi) is 6.79. The summed E-state index contributed by atoms with van der Waals surface area (Å²) in [6.45, 7) is 6.03. The van der Waals surface area contributed by atoms with Gasteiger partial charge in [-0.05, 0) is 56.3 Å². The Balaban J connectivity index is 0.989. The van der Waals surface area contributed by atoms with Crippen molar-refractivity contribution in [3.63, 3.8) is 0 Å². The van der Waals surface area contributed by atoms with E-state index in [0.717, 1.165) is 50.1 Å². The lowest BCUT2D eigenvalue weighted by atomic mass is 9.53. The molecule has 4 bridgehead atoms. The van der Waals surface area contributed by atoms with Crippen LogP contribution in [0.4, 0.5) is 4.79 Å². The molecule has 0 aromatic carbocycles. The molecule has 0 radical (unpaired) electrons. The van der Waals surface area contributed by atoms with Crippen molar-refractivity contribution in [3.8, 4) is 0 Å². The lowest BCUT2D eigenvalue weighted by Crippen LogP contribution is -2.61. The molecule has 0 aromatic rings. The highest BCUT2D eigenvalue weighted by atomic mass is 16.5. The number of hydrogen-bond acceptors (Lipinski definition) is 5. The highest BCUT2D eigenvalue weighted by Crippen LogP contribution is 2.55. The molecule has 6 aliphatic rings. The van der Waals surface area contributed by atoms with E-state index in [1.165, 1.54) is 19.3 Å². The number of nitrogens with zero attached hydrogens (tertiary/aromatic N) is 3. The molecule has 184 valence electrons. The van der Waals surface area contributed by atoms with Gasteiger partial charge in [-0.3, -0.25) is 14.5 Å². The maximum atomic E-state index is 12.6. The lowest BCUT2D eigenvalue weighted by Gasteiger charge is -2.56. The van der Waals surface area contributed by atoms with Crippen molar-refractivity contribution >= 4 is 17.8 Å². The number of rotatable bonds is 6. The van der Waals surface area contributed by atoms with Crippen LogP contribution in [0.3, 0.4) is 0 Å². The summed E-state index contributed by atoms with van der Waals surface area (Å²) in [4.78, 5) is 43.5. The minimum atomic E-state index is -0.122. The first kappa shape index (κ1) is 22.9. The third-order valence-corrected chi connectivity index (χ3v) is 8.49. The average molecular weight is 462 g/mol. The first-order valence-electron chi connectivity index (χ1n) is 12.9. The first-order valence-corrected chi connectivity index (χ1v) is 12.9. The molecule has 9 nitrogen and oxygen atoms in total. The standard InChI is InChI=1S/C24H39N5O4/c30-21(28-3-5-29(6-4-28)22(31)17-27-7-9-33-10-8-27)1-2-25-23(32)26-24-14-18-11-19(15-24)13-20(12-18)16-24/h18-20H,1-17H2,(H2,25,26,32). The van der Waals surface area contributed by atoms with Crippen molar-refractivity contribution in [2.75, 3.05) is 65.6 Å². The quantitative estimate of drug-likeness (QED) is 0.606. The van der Waals surface area contributed by atoms with E-state index in [-0.39, 0.29) is 23.4 Å². The van der Waals surface area contributed by atoms with Crippen LogP contribution in [0.1, 0.15) is 44.9 Å². The second kappa shape index (κ2) is 9.78. The van der Waals surface area contributed by atoms with Gasteiger partial charge in [-0.1, -0.05) is 0 Å². The zero-order valence-electron chi connectivity index (χ0n) is 19.7. The highest BCUT2D eigenvalue weighted by molar-refractivity contribution is 5.80. The summed E-state index contributed by atoms with van der Waals surface area (Å²) in [5, 5.41) is 6.22. The molecule has 2 N–H and O–H groups in total. The van der Waals surface area contributed by atoms with Gasteiger partial charge in [0.15, 0.2) is 0 Å². The number of hydrogen-bond donors (Lipinski definition) is 2. The van der Waals surface area contributed by atoms with Crippen molar-refractivity contribution in [2.24, 2.45) is 17.8 Å². The summed E-state index contributed by atoms with van der Waals surface area (Å²) >= 11 is 0. The van der Waals surface area contributed by atoms with Gasteiger partial charge in [0.2, 0.25) is 11.8 Å². The largest absolute Gasteiger partial charge is 0.379 e. The maximum absolute atomic E-state index is 12.6. The Bertz CT molecular complexity index is 710. The van der Waals surface area contributed by atoms with E-state index < -0.39 is 0 Å². The molecule has 9 heteroatoms. The second-order valence-corrected chi connectivity index (χ2v) is 11.0. The number of piperazine rings is 1. The number of carbonyl (C=O) groups excluding carboxylic acids is 3. The summed E-state index contributed by atoms with van der Waals surface area (Å²) < 4.78 is 5.33. The fourth-order valence-electron chi connectivity index (χ4n) is 7.25. The minimum Gasteiger partial charge on any atom is -0.379 e. The molecule has 0 atom stereocenters. The van der Waals surface area contributed by atoms with E-state index in [0.29, 0.717) is 58.9 Å². The summed E-state index contributed by atoms with van der Waals surface area (Å²) in [5.74, 6) is 2.55. The molecule has 0 spiro atoms. The van der Waals surface area contributed by atoms with Gasteiger partial charge < -0.3 is 25.2 Å². The van der Waals surface area contributed by atoms with Gasteiger partial charge in [-0.2, -0.15) is 0 Å². The average Bonchev–Trinajstić information content (AvgIpc) is 2.78. The highest BCUT2D eigenvalue weighted by Gasteiger charge is 2.51. The van der Waals surface area contributed by atoms with Gasteiger partial charge in [0.05, 0.1) is 19.8 Å². The van der Waals surface area contributed by atoms with Gasteiger partial charge in [0.25, 0.3) is 0 Å². The summed E-state index contributed by atoms with van der Waals surface area (Å²) in [5.41, 5.74) is -0.00701. The number of ether oxygens (including phenoxy) is 1. The zero-order chi connectivity index (χ0) is 22.8. The second-order valence-electron chi connectivity index (χ2n) is 11.0. The van der Waals surface area contributed by atoms with Crippen LogP contribution in [0.15, 0.2) is 0 Å². The van der Waals surface area contributed by atoms with E-state index in [2.05, 4.69) is 15.5 Å². The number of nitrogens with one attached hydrogen (secondary N) is 2. The van der Waals surface area contributed by atoms with Gasteiger partial charge in [-0.15, -0.1) is 0 Å². The van der Waals surface area contributed by atoms with E-state index >= 15 is 0 Å². The van der Waals surface area contributed by atoms with Crippen molar-refractivity contribution in [3.05, 3.63) is 0 Å². The first-order chi connectivity index (χ1) is 16.0. The Morgan fingerprint density at radius 1 is 0.788 bits per heavy atom. The molecule has 6 fully saturated rings. The van der Waals surface area contributed by atoms with Crippen LogP contribution in [0.2, 0.25) is 0 Å². The van der Waals surface area contributed by atoms with Gasteiger partial charge in [-0.25, -0.2) is 4.79 Å². The van der Waals surface area contributed by atoms with Gasteiger partial charge in [0.1, 0.15) is 0 Å². The van der Waals surface area contributed by atoms with Crippen LogP contribution >= 0.6 is 0 Å². The minimum absolute atomic E-state index is 0.00701. The zero-order valence-corrected chi connectivity index (χ0v) is 19.7. The predicted octanol–water partition coefficient (Wildman–Crippen LogP) is 0.648. The molecule has 0 aromatic heterocycles. The normalized spacial score (nSPS) is 33.8. The van der Waals surface area contributed by atoms with E-state index in [9.17, 15) is 14.4 Å². The number of amides is 4. The number of carbonyl (C=O) groups is 3. The predicted molar refractivity (Wildman–Crippen MR) is 122 cm³/mol. The maximum Gasteiger partial charge on any atom is 0.315 e. The molecule has 2 saturated heterocycles. The monoisotopic (exact) mass is 461 g/mol. The smallest absolute Gasteiger partial charge is 0.315 e. The molecule has 2 aliphatic heterocycles.